The minimum Gasteiger partial charge on any atom is -0.508 e. The van der Waals surface area contributed by atoms with Crippen LogP contribution >= 0.6 is 11.6 Å². The number of nitrogens with two attached hydrogens (primary N) is 1. The minimum absolute atomic E-state index is 0.176. The van der Waals surface area contributed by atoms with Gasteiger partial charge in [0, 0.05) is 10.9 Å². The van der Waals surface area contributed by atoms with E-state index in [9.17, 15) is 15.0 Å². The first-order chi connectivity index (χ1) is 10.9. The highest BCUT2D eigenvalue weighted by Gasteiger charge is 2.45. The molecule has 0 saturated carbocycles. The second kappa shape index (κ2) is 5.87. The van der Waals surface area contributed by atoms with Crippen LogP contribution in [-0.2, 0) is 23.2 Å². The maximum Gasteiger partial charge on any atom is 0.254 e. The van der Waals surface area contributed by atoms with E-state index in [1.165, 1.54) is 0 Å². The lowest BCUT2D eigenvalue weighted by Gasteiger charge is -2.37. The van der Waals surface area contributed by atoms with Crippen LogP contribution in [0.2, 0.25) is 5.02 Å². The van der Waals surface area contributed by atoms with Crippen LogP contribution in [0, 0.1) is 5.92 Å². The molecule has 0 unspecified atom stereocenters. The topological polar surface area (TPSA) is 83.6 Å². The number of carbonyl (C=O) groups excluding carboxylic acids is 1. The van der Waals surface area contributed by atoms with Crippen molar-refractivity contribution in [3.8, 4) is 5.75 Å². The van der Waals surface area contributed by atoms with Gasteiger partial charge in [0.2, 0.25) is 0 Å². The summed E-state index contributed by atoms with van der Waals surface area (Å²) in [6.45, 7) is 0. The van der Waals surface area contributed by atoms with E-state index >= 15 is 0 Å². The average Bonchev–Trinajstić information content (AvgIpc) is 2.53. The molecule has 2 aromatic rings. The molecular formula is C18H18ClNO3. The third-order valence-electron chi connectivity index (χ3n) is 4.65. The number of hydrogen-bond donors (Lipinski definition) is 3. The Labute approximate surface area is 139 Å². The van der Waals surface area contributed by atoms with Crippen molar-refractivity contribution in [1.29, 1.82) is 0 Å². The number of hydrogen-bond acceptors (Lipinski definition) is 3. The van der Waals surface area contributed by atoms with Crippen LogP contribution < -0.4 is 5.73 Å². The van der Waals surface area contributed by atoms with Gasteiger partial charge in [-0.3, -0.25) is 4.79 Å². The molecule has 1 aliphatic rings. The Morgan fingerprint density at radius 3 is 2.70 bits per heavy atom. The fourth-order valence-electron chi connectivity index (χ4n) is 3.40. The first-order valence-corrected chi connectivity index (χ1v) is 7.88. The van der Waals surface area contributed by atoms with Crippen LogP contribution in [0.4, 0.5) is 0 Å². The second-order valence-corrected chi connectivity index (χ2v) is 6.47. The third-order valence-corrected chi connectivity index (χ3v) is 4.88. The quantitative estimate of drug-likeness (QED) is 0.808. The number of primary amides is 1. The number of aryl methyl sites for hydroxylation is 1. The first kappa shape index (κ1) is 15.8. The summed E-state index contributed by atoms with van der Waals surface area (Å²) in [5.74, 6) is -0.976. The molecule has 5 heteroatoms. The molecule has 0 aliphatic heterocycles. The summed E-state index contributed by atoms with van der Waals surface area (Å²) in [5, 5.41) is 21.2. The molecule has 23 heavy (non-hydrogen) atoms. The fourth-order valence-corrected chi connectivity index (χ4v) is 3.60. The molecule has 0 aromatic heterocycles. The zero-order valence-electron chi connectivity index (χ0n) is 12.5. The van der Waals surface area contributed by atoms with Crippen molar-refractivity contribution >= 4 is 17.5 Å². The highest BCUT2D eigenvalue weighted by atomic mass is 35.5. The Hall–Kier alpha value is -2.04. The van der Waals surface area contributed by atoms with Gasteiger partial charge in [-0.1, -0.05) is 29.8 Å². The van der Waals surface area contributed by atoms with Gasteiger partial charge in [0.1, 0.15) is 5.75 Å². The van der Waals surface area contributed by atoms with E-state index < -0.39 is 11.5 Å². The molecule has 4 N–H and O–H groups in total. The number of aromatic hydroxyl groups is 1. The smallest absolute Gasteiger partial charge is 0.254 e. The highest BCUT2D eigenvalue weighted by Crippen LogP contribution is 2.40. The van der Waals surface area contributed by atoms with E-state index in [-0.39, 0.29) is 11.7 Å². The number of aliphatic hydroxyl groups is 1. The van der Waals surface area contributed by atoms with Gasteiger partial charge < -0.3 is 15.9 Å². The van der Waals surface area contributed by atoms with Crippen LogP contribution in [0.25, 0.3) is 0 Å². The second-order valence-electron chi connectivity index (χ2n) is 6.03. The van der Waals surface area contributed by atoms with Gasteiger partial charge >= 0.3 is 0 Å². The van der Waals surface area contributed by atoms with E-state index in [4.69, 9.17) is 17.3 Å². The lowest BCUT2D eigenvalue weighted by atomic mass is 9.71. The van der Waals surface area contributed by atoms with E-state index in [0.29, 0.717) is 23.4 Å². The van der Waals surface area contributed by atoms with E-state index in [0.717, 1.165) is 17.5 Å². The molecule has 1 amide bonds. The number of amides is 1. The summed E-state index contributed by atoms with van der Waals surface area (Å²) in [7, 11) is 0. The van der Waals surface area contributed by atoms with Gasteiger partial charge in [0.05, 0.1) is 0 Å². The molecule has 0 spiro atoms. The SMILES string of the molecule is NC(=O)[C@](O)(c1cccc(Cl)c1)[C@@H]1CCc2ccc(O)cc2C1. The number of halogens is 1. The average molecular weight is 332 g/mol. The standard InChI is InChI=1S/C18H18ClNO3/c19-15-3-1-2-13(10-15)18(23,17(20)22)14-6-4-11-5-7-16(21)9-12(11)8-14/h1-3,5,7,9-10,14,21,23H,4,6,8H2,(H2,20,22)/t14-,18+/m1/s1. The Kier molecular flexibility index (Phi) is 4.04. The van der Waals surface area contributed by atoms with Crippen molar-refractivity contribution in [2.24, 2.45) is 11.7 Å². The normalized spacial score (nSPS) is 19.7. The monoisotopic (exact) mass is 331 g/mol. The molecule has 120 valence electrons. The lowest BCUT2D eigenvalue weighted by Crippen LogP contribution is -2.49. The summed E-state index contributed by atoms with van der Waals surface area (Å²) in [4.78, 5) is 12.1. The molecular weight excluding hydrogens is 314 g/mol. The van der Waals surface area contributed by atoms with Crippen molar-refractivity contribution in [2.45, 2.75) is 24.9 Å². The highest BCUT2D eigenvalue weighted by molar-refractivity contribution is 6.30. The molecule has 0 saturated heterocycles. The van der Waals surface area contributed by atoms with Crippen molar-refractivity contribution < 1.29 is 15.0 Å². The van der Waals surface area contributed by atoms with E-state index in [2.05, 4.69) is 0 Å². The zero-order valence-corrected chi connectivity index (χ0v) is 13.3. The lowest BCUT2D eigenvalue weighted by molar-refractivity contribution is -0.144. The molecule has 0 bridgehead atoms. The van der Waals surface area contributed by atoms with Gasteiger partial charge in [0.15, 0.2) is 5.60 Å². The van der Waals surface area contributed by atoms with Crippen LogP contribution in [-0.4, -0.2) is 16.1 Å². The number of benzene rings is 2. The summed E-state index contributed by atoms with van der Waals surface area (Å²) in [5.41, 5.74) is 6.23. The number of phenols is 1. The Morgan fingerprint density at radius 2 is 2.00 bits per heavy atom. The molecule has 0 radical (unpaired) electrons. The summed E-state index contributed by atoms with van der Waals surface area (Å²) in [6.07, 6.45) is 1.82. The maximum atomic E-state index is 12.1. The van der Waals surface area contributed by atoms with Crippen molar-refractivity contribution in [3.63, 3.8) is 0 Å². The number of carbonyl (C=O) groups is 1. The molecule has 2 aromatic carbocycles. The van der Waals surface area contributed by atoms with Gasteiger partial charge in [0.25, 0.3) is 5.91 Å². The van der Waals surface area contributed by atoms with E-state index in [1.54, 1.807) is 36.4 Å². The molecule has 4 nitrogen and oxygen atoms in total. The van der Waals surface area contributed by atoms with Gasteiger partial charge in [-0.25, -0.2) is 0 Å². The van der Waals surface area contributed by atoms with Crippen molar-refractivity contribution in [1.82, 2.24) is 0 Å². The molecule has 2 atom stereocenters. The van der Waals surface area contributed by atoms with Gasteiger partial charge in [-0.15, -0.1) is 0 Å². The number of phenolic OH excluding ortho intramolecular Hbond substituents is 1. The van der Waals surface area contributed by atoms with Crippen LogP contribution in [0.1, 0.15) is 23.1 Å². The summed E-state index contributed by atoms with van der Waals surface area (Å²) < 4.78 is 0. The summed E-state index contributed by atoms with van der Waals surface area (Å²) in [6, 6.07) is 11.8. The van der Waals surface area contributed by atoms with Gasteiger partial charge in [-0.05, 0) is 60.2 Å². The molecule has 0 fully saturated rings. The number of fused-ring (bicyclic) bond motifs is 1. The first-order valence-electron chi connectivity index (χ1n) is 7.50. The maximum absolute atomic E-state index is 12.1. The van der Waals surface area contributed by atoms with E-state index in [1.807, 2.05) is 6.07 Å². The molecule has 3 rings (SSSR count). The minimum atomic E-state index is -1.78. The molecule has 1 aliphatic carbocycles. The number of rotatable bonds is 3. The Balaban J connectivity index is 2.01. The Morgan fingerprint density at radius 1 is 1.22 bits per heavy atom. The largest absolute Gasteiger partial charge is 0.508 e. The Bertz CT molecular complexity index is 762. The molecule has 0 heterocycles. The fraction of sp³-hybridized carbons (Fsp3) is 0.278. The van der Waals surface area contributed by atoms with Crippen LogP contribution in [0.15, 0.2) is 42.5 Å². The predicted molar refractivity (Wildman–Crippen MR) is 88.2 cm³/mol. The zero-order chi connectivity index (χ0) is 16.6. The summed E-state index contributed by atoms with van der Waals surface area (Å²) >= 11 is 6.00. The van der Waals surface area contributed by atoms with Crippen LogP contribution in [0.5, 0.6) is 5.75 Å². The van der Waals surface area contributed by atoms with Crippen molar-refractivity contribution in [3.05, 3.63) is 64.2 Å². The van der Waals surface area contributed by atoms with Crippen molar-refractivity contribution in [2.75, 3.05) is 0 Å². The van der Waals surface area contributed by atoms with Gasteiger partial charge in [-0.2, -0.15) is 0 Å². The predicted octanol–water partition coefficient (Wildman–Crippen LogP) is 2.52. The van der Waals surface area contributed by atoms with Crippen LogP contribution in [0.3, 0.4) is 0 Å². The third kappa shape index (κ3) is 2.80.